The van der Waals surface area contributed by atoms with E-state index in [1.165, 1.54) is 18.5 Å². The minimum Gasteiger partial charge on any atom is -0.351 e. The molecule has 5 nitrogen and oxygen atoms in total. The lowest BCUT2D eigenvalue weighted by Gasteiger charge is -2.20. The van der Waals surface area contributed by atoms with E-state index in [0.717, 1.165) is 16.4 Å². The lowest BCUT2D eigenvalue weighted by molar-refractivity contribution is -0.121. The van der Waals surface area contributed by atoms with Gasteiger partial charge in [0.1, 0.15) is 0 Å². The molecule has 1 unspecified atom stereocenters. The van der Waals surface area contributed by atoms with Crippen LogP contribution in [0.3, 0.4) is 0 Å². The van der Waals surface area contributed by atoms with E-state index in [0.29, 0.717) is 12.6 Å². The summed E-state index contributed by atoms with van der Waals surface area (Å²) in [6.07, 6.45) is 5.94. The fraction of sp³-hybridized carbons (Fsp3) is 0.526. The van der Waals surface area contributed by atoms with Crippen molar-refractivity contribution in [3.8, 4) is 0 Å². The van der Waals surface area contributed by atoms with Crippen molar-refractivity contribution in [3.63, 3.8) is 0 Å². The molecule has 1 saturated carbocycles. The van der Waals surface area contributed by atoms with Gasteiger partial charge in [-0.1, -0.05) is 31.7 Å². The normalized spacial score (nSPS) is 15.4. The Kier molecular flexibility index (Phi) is 5.47. The van der Waals surface area contributed by atoms with Crippen molar-refractivity contribution in [1.82, 2.24) is 19.9 Å². The molecule has 1 aliphatic rings. The van der Waals surface area contributed by atoms with Crippen LogP contribution in [0.25, 0.3) is 0 Å². The van der Waals surface area contributed by atoms with Crippen LogP contribution >= 0.6 is 11.8 Å². The van der Waals surface area contributed by atoms with Crippen molar-refractivity contribution >= 4 is 17.7 Å². The number of aryl methyl sites for hydroxylation is 1. The van der Waals surface area contributed by atoms with Gasteiger partial charge >= 0.3 is 0 Å². The number of hydrogen-bond acceptors (Lipinski definition) is 4. The van der Waals surface area contributed by atoms with Gasteiger partial charge in [0.2, 0.25) is 5.91 Å². The first kappa shape index (κ1) is 18.0. The number of nitrogens with one attached hydrogen (secondary N) is 1. The quantitative estimate of drug-likeness (QED) is 0.767. The van der Waals surface area contributed by atoms with E-state index in [4.69, 9.17) is 4.98 Å². The van der Waals surface area contributed by atoms with Gasteiger partial charge in [-0.2, -0.15) is 0 Å². The number of thioether (sulfide) groups is 1. The molecule has 134 valence electrons. The van der Waals surface area contributed by atoms with E-state index in [1.807, 2.05) is 19.1 Å². The molecule has 1 N–H and O–H groups in total. The number of aromatic nitrogens is 3. The average Bonchev–Trinajstić information content (AvgIpc) is 3.38. The van der Waals surface area contributed by atoms with Gasteiger partial charge in [-0.3, -0.25) is 9.78 Å². The largest absolute Gasteiger partial charge is 0.351 e. The Morgan fingerprint density at radius 3 is 2.76 bits per heavy atom. The number of imidazole rings is 1. The predicted molar refractivity (Wildman–Crippen MR) is 101 cm³/mol. The molecule has 0 aromatic carbocycles. The Labute approximate surface area is 153 Å². The van der Waals surface area contributed by atoms with Crippen LogP contribution in [0.15, 0.2) is 29.7 Å². The van der Waals surface area contributed by atoms with Crippen LogP contribution in [0.2, 0.25) is 0 Å². The summed E-state index contributed by atoms with van der Waals surface area (Å²) in [5, 5.41) is 3.87. The maximum Gasteiger partial charge on any atom is 0.234 e. The second-order valence-electron chi connectivity index (χ2n) is 7.03. The number of amides is 1. The smallest absolute Gasteiger partial charge is 0.234 e. The maximum absolute atomic E-state index is 12.8. The molecule has 1 atom stereocenters. The molecule has 3 rings (SSSR count). The van der Waals surface area contributed by atoms with Crippen LogP contribution in [0.5, 0.6) is 0 Å². The molecule has 0 bridgehead atoms. The number of carbonyl (C=O) groups excluding carboxylic acids is 1. The number of nitrogens with zero attached hydrogens (tertiary/aromatic N) is 3. The fourth-order valence-corrected chi connectivity index (χ4v) is 4.12. The Morgan fingerprint density at radius 1 is 1.40 bits per heavy atom. The lowest BCUT2D eigenvalue weighted by Crippen LogP contribution is -2.35. The Bertz CT molecular complexity index is 737. The summed E-state index contributed by atoms with van der Waals surface area (Å²) < 4.78 is 2.32. The van der Waals surface area contributed by atoms with Gasteiger partial charge in [0.05, 0.1) is 10.9 Å². The van der Waals surface area contributed by atoms with E-state index in [-0.39, 0.29) is 17.1 Å². The first-order valence-electron chi connectivity index (χ1n) is 8.86. The van der Waals surface area contributed by atoms with Gasteiger partial charge in [-0.05, 0) is 44.2 Å². The molecule has 0 radical (unpaired) electrons. The molecule has 1 amide bonds. The summed E-state index contributed by atoms with van der Waals surface area (Å²) in [6.45, 7) is 8.85. The van der Waals surface area contributed by atoms with Gasteiger partial charge in [-0.25, -0.2) is 4.98 Å². The van der Waals surface area contributed by atoms with Crippen LogP contribution in [0.4, 0.5) is 0 Å². The summed E-state index contributed by atoms with van der Waals surface area (Å²) in [5.41, 5.74) is 3.30. The molecule has 25 heavy (non-hydrogen) atoms. The zero-order chi connectivity index (χ0) is 18.0. The molecule has 6 heteroatoms. The first-order chi connectivity index (χ1) is 12.0. The van der Waals surface area contributed by atoms with E-state index in [1.54, 1.807) is 24.2 Å². The lowest BCUT2D eigenvalue weighted by atomic mass is 10.1. The summed E-state index contributed by atoms with van der Waals surface area (Å²) in [4.78, 5) is 21.6. The van der Waals surface area contributed by atoms with Crippen molar-refractivity contribution < 1.29 is 4.79 Å². The number of carbonyl (C=O) groups is 1. The van der Waals surface area contributed by atoms with Crippen LogP contribution in [-0.4, -0.2) is 25.7 Å². The summed E-state index contributed by atoms with van der Waals surface area (Å²) >= 11 is 1.59. The molecule has 2 heterocycles. The van der Waals surface area contributed by atoms with Gasteiger partial charge < -0.3 is 9.88 Å². The minimum atomic E-state index is -0.157. The van der Waals surface area contributed by atoms with Gasteiger partial charge in [0, 0.05) is 30.7 Å². The third kappa shape index (κ3) is 4.24. The van der Waals surface area contributed by atoms with Gasteiger partial charge in [0.25, 0.3) is 0 Å². The highest BCUT2D eigenvalue weighted by molar-refractivity contribution is 8.00. The molecule has 0 spiro atoms. The van der Waals surface area contributed by atoms with E-state index in [2.05, 4.69) is 35.6 Å². The summed E-state index contributed by atoms with van der Waals surface area (Å²) in [7, 11) is 0. The second kappa shape index (κ2) is 7.60. The Hall–Kier alpha value is -1.82. The molecule has 1 fully saturated rings. The van der Waals surface area contributed by atoms with Crippen molar-refractivity contribution in [3.05, 3.63) is 41.5 Å². The summed E-state index contributed by atoms with van der Waals surface area (Å²) in [6, 6.07) is 4.42. The van der Waals surface area contributed by atoms with Crippen molar-refractivity contribution in [2.75, 3.05) is 0 Å². The maximum atomic E-state index is 12.8. The van der Waals surface area contributed by atoms with Crippen molar-refractivity contribution in [2.45, 2.75) is 63.5 Å². The van der Waals surface area contributed by atoms with Crippen LogP contribution < -0.4 is 5.32 Å². The first-order valence-corrected chi connectivity index (χ1v) is 9.74. The highest BCUT2D eigenvalue weighted by atomic mass is 32.2. The SMILES string of the molecule is Cc1nc(SC(C(=O)NCc2cccnc2)C(C)C)n(C2CC2)c1C. The van der Waals surface area contributed by atoms with E-state index < -0.39 is 0 Å². The molecule has 2 aromatic heterocycles. The average molecular weight is 359 g/mol. The molecule has 1 aliphatic carbocycles. The zero-order valence-electron chi connectivity index (χ0n) is 15.3. The highest BCUT2D eigenvalue weighted by Crippen LogP contribution is 2.41. The van der Waals surface area contributed by atoms with Crippen LogP contribution in [-0.2, 0) is 11.3 Å². The van der Waals surface area contributed by atoms with Gasteiger partial charge in [0.15, 0.2) is 5.16 Å². The van der Waals surface area contributed by atoms with Crippen LogP contribution in [0.1, 0.15) is 49.7 Å². The molecule has 2 aromatic rings. The molecule has 0 aliphatic heterocycles. The third-order valence-corrected chi connectivity index (χ3v) is 6.06. The van der Waals surface area contributed by atoms with E-state index in [9.17, 15) is 4.79 Å². The minimum absolute atomic E-state index is 0.0597. The standard InChI is InChI=1S/C19H26N4OS/c1-12(2)17(18(24)21-11-15-6-5-9-20-10-15)25-19-22-13(3)14(4)23(19)16-7-8-16/h5-6,9-10,12,16-17H,7-8,11H2,1-4H3,(H,21,24). The molecular weight excluding hydrogens is 332 g/mol. The zero-order valence-corrected chi connectivity index (χ0v) is 16.1. The monoisotopic (exact) mass is 358 g/mol. The topological polar surface area (TPSA) is 59.8 Å². The second-order valence-corrected chi connectivity index (χ2v) is 8.14. The predicted octanol–water partition coefficient (Wildman–Crippen LogP) is 3.66. The third-order valence-electron chi connectivity index (χ3n) is 4.55. The van der Waals surface area contributed by atoms with Crippen molar-refractivity contribution in [2.24, 2.45) is 5.92 Å². The van der Waals surface area contributed by atoms with E-state index >= 15 is 0 Å². The van der Waals surface area contributed by atoms with Crippen LogP contribution in [0, 0.1) is 19.8 Å². The number of hydrogen-bond donors (Lipinski definition) is 1. The number of pyridine rings is 1. The molecule has 0 saturated heterocycles. The fourth-order valence-electron chi connectivity index (χ4n) is 2.84. The summed E-state index contributed by atoms with van der Waals surface area (Å²) in [5.74, 6) is 0.286. The van der Waals surface area contributed by atoms with Crippen molar-refractivity contribution in [1.29, 1.82) is 0 Å². The molecular formula is C19H26N4OS. The Balaban J connectivity index is 1.71. The number of rotatable bonds is 7. The highest BCUT2D eigenvalue weighted by Gasteiger charge is 2.32. The Morgan fingerprint density at radius 2 is 2.16 bits per heavy atom. The van der Waals surface area contributed by atoms with Gasteiger partial charge in [-0.15, -0.1) is 0 Å².